The van der Waals surface area contributed by atoms with Crippen molar-refractivity contribution < 1.29 is 17.9 Å². The van der Waals surface area contributed by atoms with Gasteiger partial charge in [-0.25, -0.2) is 9.97 Å². The number of hydrogen-bond acceptors (Lipinski definition) is 6. The van der Waals surface area contributed by atoms with E-state index in [1.54, 1.807) is 18.5 Å². The van der Waals surface area contributed by atoms with Gasteiger partial charge < -0.3 is 10.1 Å². The van der Waals surface area contributed by atoms with E-state index in [1.807, 2.05) is 16.7 Å². The fraction of sp³-hybridized carbons (Fsp3) is 0.250. The van der Waals surface area contributed by atoms with Crippen LogP contribution in [0.3, 0.4) is 0 Å². The van der Waals surface area contributed by atoms with Crippen molar-refractivity contribution in [3.63, 3.8) is 0 Å². The van der Waals surface area contributed by atoms with Crippen molar-refractivity contribution in [2.75, 3.05) is 18.4 Å². The van der Waals surface area contributed by atoms with Crippen LogP contribution in [0, 0.1) is 0 Å². The van der Waals surface area contributed by atoms with Crippen molar-refractivity contribution in [3.05, 3.63) is 66.2 Å². The summed E-state index contributed by atoms with van der Waals surface area (Å²) in [7, 11) is 0. The van der Waals surface area contributed by atoms with E-state index in [9.17, 15) is 13.2 Å². The van der Waals surface area contributed by atoms with Crippen LogP contribution >= 0.6 is 0 Å². The number of imidazole rings is 1. The largest absolute Gasteiger partial charge is 0.488 e. The lowest BCUT2D eigenvalue weighted by Crippen LogP contribution is -2.53. The summed E-state index contributed by atoms with van der Waals surface area (Å²) in [5.74, 6) is 1.70. The van der Waals surface area contributed by atoms with Gasteiger partial charge in [-0.15, -0.1) is 0 Å². The maximum Gasteiger partial charge on any atom is 0.416 e. The molecule has 4 heterocycles. The number of hydrogen-bond donors (Lipinski definition) is 2. The number of aromatic nitrogens is 5. The highest BCUT2D eigenvalue weighted by Crippen LogP contribution is 2.31. The molecule has 0 atom stereocenters. The molecule has 0 amide bonds. The fourth-order valence-corrected chi connectivity index (χ4v) is 3.45. The minimum Gasteiger partial charge on any atom is -0.488 e. The molecule has 1 aliphatic heterocycles. The van der Waals surface area contributed by atoms with E-state index in [1.165, 1.54) is 12.1 Å². The molecule has 0 bridgehead atoms. The van der Waals surface area contributed by atoms with Gasteiger partial charge in [0.05, 0.1) is 11.3 Å². The molecule has 1 aromatic carbocycles. The van der Waals surface area contributed by atoms with E-state index in [2.05, 4.69) is 30.4 Å². The van der Waals surface area contributed by atoms with E-state index in [0.717, 1.165) is 23.5 Å². The average Bonchev–Trinajstić information content (AvgIpc) is 3.36. The smallest absolute Gasteiger partial charge is 0.416 e. The van der Waals surface area contributed by atoms with Gasteiger partial charge in [0.25, 0.3) is 0 Å². The summed E-state index contributed by atoms with van der Waals surface area (Å²) >= 11 is 0. The van der Waals surface area contributed by atoms with Gasteiger partial charge in [0.2, 0.25) is 5.95 Å². The van der Waals surface area contributed by atoms with E-state index in [0.29, 0.717) is 37.1 Å². The quantitative estimate of drug-likeness (QED) is 0.488. The SMILES string of the molecule is FC(F)(F)c1ccc(OC2CN(Cc3cn4c(Nc5cc[nH]n5)nccc4n3)C2)cc1. The lowest BCUT2D eigenvalue weighted by Gasteiger charge is -2.38. The van der Waals surface area contributed by atoms with Crippen LogP contribution in [0.5, 0.6) is 5.75 Å². The van der Waals surface area contributed by atoms with Gasteiger partial charge in [0.15, 0.2) is 5.82 Å². The number of nitrogens with zero attached hydrogens (tertiary/aromatic N) is 5. The third-order valence-electron chi connectivity index (χ3n) is 4.97. The predicted octanol–water partition coefficient (Wildman–Crippen LogP) is 3.48. The molecule has 3 aromatic heterocycles. The summed E-state index contributed by atoms with van der Waals surface area (Å²) in [5.41, 5.74) is 0.963. The number of fused-ring (bicyclic) bond motifs is 1. The maximum atomic E-state index is 12.6. The number of rotatable bonds is 6. The van der Waals surface area contributed by atoms with E-state index in [4.69, 9.17) is 4.74 Å². The Hall–Kier alpha value is -3.60. The highest BCUT2D eigenvalue weighted by atomic mass is 19.4. The third kappa shape index (κ3) is 4.17. The van der Waals surface area contributed by atoms with Crippen LogP contribution in [0.15, 0.2) is 55.0 Å². The summed E-state index contributed by atoms with van der Waals surface area (Å²) < 4.78 is 45.6. The lowest BCUT2D eigenvalue weighted by atomic mass is 10.1. The van der Waals surface area contributed by atoms with E-state index >= 15 is 0 Å². The van der Waals surface area contributed by atoms with Crippen LogP contribution in [0.2, 0.25) is 0 Å². The number of H-pyrrole nitrogens is 1. The molecule has 8 nitrogen and oxygen atoms in total. The first kappa shape index (κ1) is 19.4. The molecular weight excluding hydrogens is 411 g/mol. The lowest BCUT2D eigenvalue weighted by molar-refractivity contribution is -0.137. The van der Waals surface area contributed by atoms with Crippen LogP contribution in [-0.4, -0.2) is 48.7 Å². The Morgan fingerprint density at radius 1 is 1.13 bits per heavy atom. The minimum absolute atomic E-state index is 0.0627. The first-order valence-electron chi connectivity index (χ1n) is 9.60. The van der Waals surface area contributed by atoms with Crippen molar-refractivity contribution >= 4 is 17.4 Å². The van der Waals surface area contributed by atoms with Gasteiger partial charge in [-0.1, -0.05) is 0 Å². The van der Waals surface area contributed by atoms with Gasteiger partial charge in [0, 0.05) is 44.3 Å². The third-order valence-corrected chi connectivity index (χ3v) is 4.97. The topological polar surface area (TPSA) is 83.4 Å². The average molecular weight is 429 g/mol. The Morgan fingerprint density at radius 2 is 1.94 bits per heavy atom. The zero-order valence-corrected chi connectivity index (χ0v) is 16.2. The summed E-state index contributed by atoms with van der Waals surface area (Å²) in [6, 6.07) is 8.40. The maximum absolute atomic E-state index is 12.6. The first-order chi connectivity index (χ1) is 14.9. The van der Waals surface area contributed by atoms with Crippen LogP contribution < -0.4 is 10.1 Å². The highest BCUT2D eigenvalue weighted by molar-refractivity contribution is 5.53. The fourth-order valence-electron chi connectivity index (χ4n) is 3.45. The summed E-state index contributed by atoms with van der Waals surface area (Å²) in [6.45, 7) is 1.98. The molecular formula is C20H18F3N7O. The molecule has 1 saturated heterocycles. The second kappa shape index (κ2) is 7.58. The van der Waals surface area contributed by atoms with Gasteiger partial charge in [-0.3, -0.25) is 14.4 Å². The number of likely N-dealkylation sites (tertiary alicyclic amines) is 1. The van der Waals surface area contributed by atoms with Crippen LogP contribution in [0.1, 0.15) is 11.3 Å². The minimum atomic E-state index is -4.34. The Balaban J connectivity index is 1.18. The molecule has 0 aliphatic carbocycles. The van der Waals surface area contributed by atoms with Crippen molar-refractivity contribution in [2.45, 2.75) is 18.8 Å². The number of halogens is 3. The van der Waals surface area contributed by atoms with Crippen LogP contribution in [0.4, 0.5) is 24.9 Å². The van der Waals surface area contributed by atoms with Crippen LogP contribution in [-0.2, 0) is 12.7 Å². The molecule has 11 heteroatoms. The summed E-state index contributed by atoms with van der Waals surface area (Å²) in [4.78, 5) is 11.1. The molecule has 4 aromatic rings. The summed E-state index contributed by atoms with van der Waals surface area (Å²) in [6.07, 6.45) is 0.907. The molecule has 0 saturated carbocycles. The molecule has 0 unspecified atom stereocenters. The van der Waals surface area contributed by atoms with Crippen molar-refractivity contribution in [1.29, 1.82) is 0 Å². The number of ether oxygens (including phenoxy) is 1. The number of aromatic amines is 1. The molecule has 0 spiro atoms. The number of alkyl halides is 3. The van der Waals surface area contributed by atoms with E-state index in [-0.39, 0.29) is 6.10 Å². The Kier molecular flexibility index (Phi) is 4.74. The number of nitrogens with one attached hydrogen (secondary N) is 2. The normalized spacial score (nSPS) is 15.2. The standard InChI is InChI=1S/C20H18F3N7O/c21-20(22,23)13-1-3-15(4-2-13)31-16-11-29(12-16)9-14-10-30-18(26-14)6-7-24-19(30)27-17-5-8-25-28-17/h1-8,10,16H,9,11-12H2,(H2,24,25,27,28). The summed E-state index contributed by atoms with van der Waals surface area (Å²) in [5, 5.41) is 9.94. The Morgan fingerprint density at radius 3 is 2.65 bits per heavy atom. The Bertz CT molecular complexity index is 1170. The number of benzene rings is 1. The molecule has 31 heavy (non-hydrogen) atoms. The zero-order valence-electron chi connectivity index (χ0n) is 16.2. The zero-order chi connectivity index (χ0) is 21.4. The molecule has 2 N–H and O–H groups in total. The van der Waals surface area contributed by atoms with Crippen molar-refractivity contribution in [2.24, 2.45) is 0 Å². The van der Waals surface area contributed by atoms with Crippen molar-refractivity contribution in [1.82, 2.24) is 29.5 Å². The molecule has 160 valence electrons. The Labute approximate surface area is 174 Å². The van der Waals surface area contributed by atoms with Gasteiger partial charge in [-0.2, -0.15) is 18.3 Å². The molecule has 1 aliphatic rings. The highest BCUT2D eigenvalue weighted by Gasteiger charge is 2.31. The monoisotopic (exact) mass is 429 g/mol. The van der Waals surface area contributed by atoms with Crippen molar-refractivity contribution in [3.8, 4) is 5.75 Å². The second-order valence-electron chi connectivity index (χ2n) is 7.27. The van der Waals surface area contributed by atoms with Gasteiger partial charge in [0.1, 0.15) is 17.5 Å². The second-order valence-corrected chi connectivity index (χ2v) is 7.27. The number of anilines is 2. The first-order valence-corrected chi connectivity index (χ1v) is 9.60. The van der Waals surface area contributed by atoms with Gasteiger partial charge >= 0.3 is 6.18 Å². The molecule has 5 rings (SSSR count). The molecule has 1 fully saturated rings. The molecule has 0 radical (unpaired) electrons. The predicted molar refractivity (Wildman–Crippen MR) is 106 cm³/mol. The van der Waals surface area contributed by atoms with E-state index < -0.39 is 11.7 Å². The van der Waals surface area contributed by atoms with Crippen LogP contribution in [0.25, 0.3) is 5.65 Å². The van der Waals surface area contributed by atoms with Gasteiger partial charge in [-0.05, 0) is 30.3 Å².